The first kappa shape index (κ1) is 5.98. The van der Waals surface area contributed by atoms with Crippen molar-refractivity contribution in [3.63, 3.8) is 0 Å². The lowest BCUT2D eigenvalue weighted by Crippen LogP contribution is -1.62. The van der Waals surface area contributed by atoms with Crippen LogP contribution in [-0.2, 0) is 4.79 Å². The lowest BCUT2D eigenvalue weighted by atomic mass is 10.5. The first-order valence-corrected chi connectivity index (χ1v) is 4.30. The monoisotopic (exact) mass is 144 g/mol. The van der Waals surface area contributed by atoms with Crippen LogP contribution in [0.3, 0.4) is 0 Å². The molecule has 42 valence electrons. The van der Waals surface area contributed by atoms with Gasteiger partial charge in [0.1, 0.15) is 6.29 Å². The SMILES string of the molecule is O=CC=C1C=CSS1. The minimum absolute atomic E-state index is 0.804. The molecule has 0 aromatic carbocycles. The summed E-state index contributed by atoms with van der Waals surface area (Å²) in [4.78, 5) is 10.9. The Morgan fingerprint density at radius 1 is 1.62 bits per heavy atom. The normalized spacial score (nSPS) is 22.2. The van der Waals surface area contributed by atoms with Crippen molar-refractivity contribution in [2.45, 2.75) is 0 Å². The molecule has 0 atom stereocenters. The molecule has 0 aromatic heterocycles. The van der Waals surface area contributed by atoms with Crippen molar-refractivity contribution in [2.75, 3.05) is 0 Å². The molecule has 0 fully saturated rings. The molecule has 0 saturated carbocycles. The first-order valence-electron chi connectivity index (χ1n) is 2.09. The zero-order chi connectivity index (χ0) is 5.82. The highest BCUT2D eigenvalue weighted by Gasteiger charge is 1.97. The summed E-state index contributed by atoms with van der Waals surface area (Å²) < 4.78 is 0. The molecule has 0 aliphatic carbocycles. The lowest BCUT2D eigenvalue weighted by molar-refractivity contribution is -0.104. The highest BCUT2D eigenvalue weighted by molar-refractivity contribution is 8.79. The third kappa shape index (κ3) is 1.42. The van der Waals surface area contributed by atoms with Gasteiger partial charge in [0, 0.05) is 4.91 Å². The molecule has 0 amide bonds. The molecule has 0 N–H and O–H groups in total. The summed E-state index contributed by atoms with van der Waals surface area (Å²) >= 11 is 0. The van der Waals surface area contributed by atoms with Crippen LogP contribution in [0.15, 0.2) is 22.5 Å². The van der Waals surface area contributed by atoms with E-state index in [1.807, 2.05) is 11.5 Å². The molecule has 0 spiro atoms. The van der Waals surface area contributed by atoms with Crippen LogP contribution in [0.4, 0.5) is 0 Å². The summed E-state index contributed by atoms with van der Waals surface area (Å²) in [7, 11) is 3.23. The Kier molecular flexibility index (Phi) is 2.24. The lowest BCUT2D eigenvalue weighted by Gasteiger charge is -1.81. The summed E-state index contributed by atoms with van der Waals surface area (Å²) in [5.74, 6) is 0. The Morgan fingerprint density at radius 2 is 2.50 bits per heavy atom. The van der Waals surface area contributed by atoms with Crippen LogP contribution in [0.2, 0.25) is 0 Å². The van der Waals surface area contributed by atoms with E-state index in [-0.39, 0.29) is 0 Å². The second kappa shape index (κ2) is 2.99. The van der Waals surface area contributed by atoms with Crippen molar-refractivity contribution in [1.82, 2.24) is 0 Å². The largest absolute Gasteiger partial charge is 0.299 e. The molecule has 1 rings (SSSR count). The number of carbonyl (C=O) groups is 1. The van der Waals surface area contributed by atoms with E-state index in [0.717, 1.165) is 11.2 Å². The molecular weight excluding hydrogens is 140 g/mol. The smallest absolute Gasteiger partial charge is 0.143 e. The van der Waals surface area contributed by atoms with Gasteiger partial charge in [-0.15, -0.1) is 0 Å². The van der Waals surface area contributed by atoms with Crippen LogP contribution in [0.25, 0.3) is 0 Å². The molecule has 1 nitrogen and oxygen atoms in total. The Balaban J connectivity index is 2.58. The van der Waals surface area contributed by atoms with Crippen molar-refractivity contribution in [1.29, 1.82) is 0 Å². The Bertz CT molecular complexity index is 149. The number of carbonyl (C=O) groups excluding carboxylic acids is 1. The minimum Gasteiger partial charge on any atom is -0.299 e. The summed E-state index contributed by atoms with van der Waals surface area (Å²) in [5.41, 5.74) is 0. The number of allylic oxidation sites excluding steroid dienone is 2. The zero-order valence-corrected chi connectivity index (χ0v) is 5.67. The van der Waals surface area contributed by atoms with Gasteiger partial charge in [-0.3, -0.25) is 4.79 Å². The zero-order valence-electron chi connectivity index (χ0n) is 4.03. The minimum atomic E-state index is 0.804. The maximum absolute atomic E-state index is 9.83. The fourth-order valence-corrected chi connectivity index (χ4v) is 2.05. The van der Waals surface area contributed by atoms with Gasteiger partial charge in [-0.2, -0.15) is 0 Å². The van der Waals surface area contributed by atoms with Gasteiger partial charge in [-0.1, -0.05) is 21.6 Å². The van der Waals surface area contributed by atoms with E-state index in [0.29, 0.717) is 0 Å². The maximum atomic E-state index is 9.83. The molecule has 3 heteroatoms. The van der Waals surface area contributed by atoms with Crippen LogP contribution >= 0.6 is 21.6 Å². The molecule has 0 radical (unpaired) electrons. The third-order valence-electron chi connectivity index (χ3n) is 0.665. The molecule has 1 aliphatic heterocycles. The van der Waals surface area contributed by atoms with Crippen LogP contribution in [-0.4, -0.2) is 6.29 Å². The number of hydrogen-bond acceptors (Lipinski definition) is 3. The van der Waals surface area contributed by atoms with Crippen LogP contribution in [0, 0.1) is 0 Å². The van der Waals surface area contributed by atoms with Crippen molar-refractivity contribution < 1.29 is 4.79 Å². The highest BCUT2D eigenvalue weighted by Crippen LogP contribution is 2.37. The van der Waals surface area contributed by atoms with E-state index in [4.69, 9.17) is 0 Å². The fourth-order valence-electron chi connectivity index (χ4n) is 0.356. The fraction of sp³-hybridized carbons (Fsp3) is 0. The first-order chi connectivity index (χ1) is 3.93. The van der Waals surface area contributed by atoms with E-state index >= 15 is 0 Å². The number of hydrogen-bond donors (Lipinski definition) is 0. The molecule has 1 heterocycles. The summed E-state index contributed by atoms with van der Waals surface area (Å²) in [6.07, 6.45) is 4.28. The van der Waals surface area contributed by atoms with E-state index < -0.39 is 0 Å². The maximum Gasteiger partial charge on any atom is 0.143 e. The molecule has 0 bridgehead atoms. The molecule has 8 heavy (non-hydrogen) atoms. The van der Waals surface area contributed by atoms with Gasteiger partial charge in [0.05, 0.1) is 0 Å². The molecule has 0 unspecified atom stereocenters. The van der Waals surface area contributed by atoms with Crippen molar-refractivity contribution >= 4 is 27.9 Å². The Hall–Kier alpha value is -0.150. The molecule has 1 aliphatic rings. The second-order valence-electron chi connectivity index (χ2n) is 1.19. The quantitative estimate of drug-likeness (QED) is 0.318. The standard InChI is InChI=1S/C5H4OS2/c6-3-1-5-2-4-7-8-5/h1-4H. The Morgan fingerprint density at radius 3 is 3.00 bits per heavy atom. The predicted octanol–water partition coefficient (Wildman–Crippen LogP) is 1.98. The number of aldehydes is 1. The van der Waals surface area contributed by atoms with Gasteiger partial charge in [-0.05, 0) is 17.6 Å². The second-order valence-corrected chi connectivity index (χ2v) is 3.37. The molecule has 0 saturated heterocycles. The number of rotatable bonds is 1. The molecular formula is C5H4OS2. The predicted molar refractivity (Wildman–Crippen MR) is 38.5 cm³/mol. The van der Waals surface area contributed by atoms with Crippen molar-refractivity contribution in [3.05, 3.63) is 22.5 Å². The van der Waals surface area contributed by atoms with Crippen LogP contribution in [0.5, 0.6) is 0 Å². The van der Waals surface area contributed by atoms with Gasteiger partial charge >= 0.3 is 0 Å². The van der Waals surface area contributed by atoms with E-state index in [1.165, 1.54) is 0 Å². The summed E-state index contributed by atoms with van der Waals surface area (Å²) in [6.45, 7) is 0. The third-order valence-corrected chi connectivity index (χ3v) is 2.67. The topological polar surface area (TPSA) is 17.1 Å². The summed E-state index contributed by atoms with van der Waals surface area (Å²) in [6, 6.07) is 0. The van der Waals surface area contributed by atoms with E-state index in [9.17, 15) is 4.79 Å². The van der Waals surface area contributed by atoms with Gasteiger partial charge in [-0.25, -0.2) is 0 Å². The van der Waals surface area contributed by atoms with Crippen molar-refractivity contribution in [2.24, 2.45) is 0 Å². The van der Waals surface area contributed by atoms with Gasteiger partial charge in [0.25, 0.3) is 0 Å². The van der Waals surface area contributed by atoms with Gasteiger partial charge in [0.2, 0.25) is 0 Å². The van der Waals surface area contributed by atoms with Crippen molar-refractivity contribution in [3.8, 4) is 0 Å². The van der Waals surface area contributed by atoms with Crippen LogP contribution in [0.1, 0.15) is 0 Å². The summed E-state index contributed by atoms with van der Waals surface area (Å²) in [5, 5.41) is 1.96. The van der Waals surface area contributed by atoms with E-state index in [2.05, 4.69) is 0 Å². The van der Waals surface area contributed by atoms with Gasteiger partial charge < -0.3 is 0 Å². The average Bonchev–Trinajstić information content (AvgIpc) is 2.19. The molecule has 0 aromatic rings. The average molecular weight is 144 g/mol. The highest BCUT2D eigenvalue weighted by atomic mass is 33.1. The van der Waals surface area contributed by atoms with E-state index in [1.54, 1.807) is 27.7 Å². The Labute approximate surface area is 55.6 Å². The van der Waals surface area contributed by atoms with Gasteiger partial charge in [0.15, 0.2) is 0 Å². The van der Waals surface area contributed by atoms with Crippen LogP contribution < -0.4 is 0 Å².